The van der Waals surface area contributed by atoms with Gasteiger partial charge in [-0.1, -0.05) is 5.92 Å². The number of hydrogen-bond acceptors (Lipinski definition) is 2. The van der Waals surface area contributed by atoms with Crippen LogP contribution in [0.2, 0.25) is 0 Å². The molecule has 5 rings (SSSR count). The molecule has 2 aliphatic heterocycles. The van der Waals surface area contributed by atoms with Crippen LogP contribution in [-0.2, 0) is 0 Å². The van der Waals surface area contributed by atoms with Crippen molar-refractivity contribution in [3.05, 3.63) is 69.3 Å². The van der Waals surface area contributed by atoms with E-state index in [1.165, 1.54) is 5.56 Å². The molecule has 4 nitrogen and oxygen atoms in total. The first-order valence-corrected chi connectivity index (χ1v) is 10.4. The molecule has 8 bridgehead atoms. The zero-order valence-corrected chi connectivity index (χ0v) is 18.4. The molecule has 3 aromatic heterocycles. The van der Waals surface area contributed by atoms with E-state index in [1.807, 2.05) is 13.0 Å². The number of aromatic nitrogens is 4. The largest absolute Gasteiger partial charge is 0.355 e. The maximum Gasteiger partial charge on any atom is 0.0815 e. The van der Waals surface area contributed by atoms with Crippen molar-refractivity contribution in [3.8, 4) is 11.8 Å². The molecule has 0 saturated carbocycles. The molecule has 3 aromatic rings. The molecular formula is C27H24N4. The molecule has 5 heterocycles. The van der Waals surface area contributed by atoms with Gasteiger partial charge in [-0.15, -0.1) is 5.92 Å². The lowest BCUT2D eigenvalue weighted by Crippen LogP contribution is -1.86. The summed E-state index contributed by atoms with van der Waals surface area (Å²) in [6, 6.07) is 8.48. The lowest BCUT2D eigenvalue weighted by molar-refractivity contribution is 1.25. The molecule has 0 saturated heterocycles. The van der Waals surface area contributed by atoms with E-state index in [2.05, 4.69) is 85.9 Å². The summed E-state index contributed by atoms with van der Waals surface area (Å²) in [6.07, 6.45) is 6.26. The van der Waals surface area contributed by atoms with E-state index in [4.69, 9.17) is 9.97 Å². The van der Waals surface area contributed by atoms with Crippen molar-refractivity contribution < 1.29 is 0 Å². The van der Waals surface area contributed by atoms with Crippen LogP contribution < -0.4 is 0 Å². The smallest absolute Gasteiger partial charge is 0.0815 e. The summed E-state index contributed by atoms with van der Waals surface area (Å²) in [4.78, 5) is 16.9. The highest BCUT2D eigenvalue weighted by Gasteiger charge is 2.12. The van der Waals surface area contributed by atoms with Crippen LogP contribution in [0.1, 0.15) is 58.9 Å². The molecule has 0 fully saturated rings. The van der Waals surface area contributed by atoms with Crippen LogP contribution in [0.5, 0.6) is 0 Å². The quantitative estimate of drug-likeness (QED) is 0.336. The third-order valence-corrected chi connectivity index (χ3v) is 6.01. The number of nitrogens with zero attached hydrogens (tertiary/aromatic N) is 2. The Kier molecular flexibility index (Phi) is 4.41. The highest BCUT2D eigenvalue weighted by molar-refractivity contribution is 5.87. The van der Waals surface area contributed by atoms with Crippen LogP contribution in [0.15, 0.2) is 24.3 Å². The first-order valence-electron chi connectivity index (χ1n) is 10.4. The Labute approximate surface area is 181 Å². The van der Waals surface area contributed by atoms with Crippen LogP contribution in [0.3, 0.4) is 0 Å². The minimum absolute atomic E-state index is 0.876. The van der Waals surface area contributed by atoms with E-state index < -0.39 is 0 Å². The SMILES string of the molecule is CC#Cc1c2nc(c(C)c3cc(C)c(cc4nc(c(C)c5ccc1[nH]5)C=C4C)[nH]3)C=C2. The second-order valence-electron chi connectivity index (χ2n) is 8.13. The highest BCUT2D eigenvalue weighted by Crippen LogP contribution is 2.27. The summed E-state index contributed by atoms with van der Waals surface area (Å²) >= 11 is 0. The van der Waals surface area contributed by atoms with Gasteiger partial charge in [0.15, 0.2) is 0 Å². The molecular weight excluding hydrogens is 380 g/mol. The van der Waals surface area contributed by atoms with E-state index in [9.17, 15) is 0 Å². The van der Waals surface area contributed by atoms with Gasteiger partial charge in [0.05, 0.1) is 33.9 Å². The molecule has 31 heavy (non-hydrogen) atoms. The Morgan fingerprint density at radius 2 is 1.45 bits per heavy atom. The first-order chi connectivity index (χ1) is 14.9. The summed E-state index contributed by atoms with van der Waals surface area (Å²) in [5, 5.41) is 0. The summed E-state index contributed by atoms with van der Waals surface area (Å²) in [6.45, 7) is 10.3. The predicted octanol–water partition coefficient (Wildman–Crippen LogP) is 6.34. The number of allylic oxidation sites excluding steroid dienone is 1. The van der Waals surface area contributed by atoms with Crippen LogP contribution in [0.4, 0.5) is 0 Å². The Morgan fingerprint density at radius 1 is 0.742 bits per heavy atom. The minimum Gasteiger partial charge on any atom is -0.355 e. The number of aromatic amines is 2. The van der Waals surface area contributed by atoms with Crippen LogP contribution in [0.25, 0.3) is 45.9 Å². The fourth-order valence-electron chi connectivity index (χ4n) is 4.07. The first kappa shape index (κ1) is 19.1. The van der Waals surface area contributed by atoms with E-state index in [-0.39, 0.29) is 0 Å². The number of hydrogen-bond donors (Lipinski definition) is 2. The Morgan fingerprint density at radius 3 is 2.26 bits per heavy atom. The van der Waals surface area contributed by atoms with Gasteiger partial charge in [-0.2, -0.15) is 0 Å². The van der Waals surface area contributed by atoms with Gasteiger partial charge in [-0.3, -0.25) is 0 Å². The summed E-state index contributed by atoms with van der Waals surface area (Å²) in [5.74, 6) is 6.30. The zero-order valence-electron chi connectivity index (χ0n) is 18.4. The standard InChI is InChI=1S/C27H24N4/c1-6-7-19-22-10-8-20(28-22)17(4)26-12-15(2)24(30-26)14-25-16(3)13-27(31-25)18(5)21-9-11-23(19)29-21/h8-14,28,31H,1-5H3. The van der Waals surface area contributed by atoms with E-state index >= 15 is 0 Å². The molecule has 0 aliphatic carbocycles. The van der Waals surface area contributed by atoms with Gasteiger partial charge in [-0.25, -0.2) is 9.97 Å². The molecule has 0 atom stereocenters. The van der Waals surface area contributed by atoms with Crippen molar-refractivity contribution in [1.29, 1.82) is 0 Å². The van der Waals surface area contributed by atoms with Crippen molar-refractivity contribution in [2.75, 3.05) is 0 Å². The topological polar surface area (TPSA) is 57.4 Å². The second-order valence-corrected chi connectivity index (χ2v) is 8.13. The zero-order chi connectivity index (χ0) is 21.7. The fourth-order valence-corrected chi connectivity index (χ4v) is 4.07. The third kappa shape index (κ3) is 3.19. The molecule has 152 valence electrons. The Hall–Kier alpha value is -3.84. The Balaban J connectivity index is 1.99. The van der Waals surface area contributed by atoms with Crippen molar-refractivity contribution in [1.82, 2.24) is 19.9 Å². The molecule has 0 unspecified atom stereocenters. The van der Waals surface area contributed by atoms with Gasteiger partial charge in [0.25, 0.3) is 0 Å². The predicted molar refractivity (Wildman–Crippen MR) is 130 cm³/mol. The maximum absolute atomic E-state index is 4.93. The monoisotopic (exact) mass is 404 g/mol. The van der Waals surface area contributed by atoms with Crippen LogP contribution in [0, 0.1) is 32.6 Å². The summed E-state index contributed by atoms with van der Waals surface area (Å²) in [7, 11) is 0. The second kappa shape index (κ2) is 7.14. The van der Waals surface area contributed by atoms with Crippen molar-refractivity contribution in [2.45, 2.75) is 34.6 Å². The normalized spacial score (nSPS) is 12.5. The van der Waals surface area contributed by atoms with E-state index in [0.717, 1.165) is 67.1 Å². The van der Waals surface area contributed by atoms with Gasteiger partial charge in [0, 0.05) is 16.6 Å². The number of nitrogens with one attached hydrogen (secondary N) is 2. The van der Waals surface area contributed by atoms with Gasteiger partial charge in [0.1, 0.15) is 0 Å². The van der Waals surface area contributed by atoms with Crippen molar-refractivity contribution in [2.24, 2.45) is 0 Å². The summed E-state index contributed by atoms with van der Waals surface area (Å²) in [5.41, 5.74) is 13.4. The average Bonchev–Trinajstić information content (AvgIpc) is 3.53. The molecule has 2 N–H and O–H groups in total. The van der Waals surface area contributed by atoms with Gasteiger partial charge in [0.2, 0.25) is 0 Å². The van der Waals surface area contributed by atoms with E-state index in [1.54, 1.807) is 0 Å². The van der Waals surface area contributed by atoms with Gasteiger partial charge >= 0.3 is 0 Å². The van der Waals surface area contributed by atoms with Gasteiger partial charge < -0.3 is 9.97 Å². The molecule has 0 spiro atoms. The molecule has 0 radical (unpaired) electrons. The third-order valence-electron chi connectivity index (χ3n) is 6.01. The highest BCUT2D eigenvalue weighted by atomic mass is 14.8. The molecule has 0 amide bonds. The molecule has 4 heteroatoms. The Bertz CT molecular complexity index is 1530. The number of H-pyrrole nitrogens is 2. The lowest BCUT2D eigenvalue weighted by atomic mass is 10.1. The molecule has 0 aromatic carbocycles. The summed E-state index contributed by atoms with van der Waals surface area (Å²) < 4.78 is 0. The lowest BCUT2D eigenvalue weighted by Gasteiger charge is -1.96. The van der Waals surface area contributed by atoms with E-state index in [0.29, 0.717) is 0 Å². The number of aryl methyl sites for hydroxylation is 3. The number of rotatable bonds is 0. The molecule has 2 aliphatic rings. The van der Waals surface area contributed by atoms with Crippen molar-refractivity contribution >= 4 is 45.9 Å². The fraction of sp³-hybridized carbons (Fsp3) is 0.185. The average molecular weight is 405 g/mol. The van der Waals surface area contributed by atoms with Crippen LogP contribution in [-0.4, -0.2) is 19.9 Å². The van der Waals surface area contributed by atoms with Crippen LogP contribution >= 0.6 is 0 Å². The maximum atomic E-state index is 4.93. The minimum atomic E-state index is 0.876. The van der Waals surface area contributed by atoms with Crippen molar-refractivity contribution in [3.63, 3.8) is 0 Å². The number of fused-ring (bicyclic) bond motifs is 8. The van der Waals surface area contributed by atoms with Gasteiger partial charge in [-0.05, 0) is 99.4 Å².